The summed E-state index contributed by atoms with van der Waals surface area (Å²) in [5.41, 5.74) is 6.93. The quantitative estimate of drug-likeness (QED) is 0.144. The summed E-state index contributed by atoms with van der Waals surface area (Å²) in [6, 6.07) is 32.3. The van der Waals surface area contributed by atoms with E-state index in [0.717, 1.165) is 21.2 Å². The van der Waals surface area contributed by atoms with Crippen LogP contribution in [0.3, 0.4) is 0 Å². The fraction of sp³-hybridized carbons (Fsp3) is 0.294. The third kappa shape index (κ3) is 11.7. The van der Waals surface area contributed by atoms with Crippen molar-refractivity contribution in [2.75, 3.05) is 26.4 Å². The molecule has 0 amide bonds. The van der Waals surface area contributed by atoms with Crippen molar-refractivity contribution in [2.24, 2.45) is 0 Å². The van der Waals surface area contributed by atoms with Gasteiger partial charge in [-0.3, -0.25) is 13.6 Å². The highest BCUT2D eigenvalue weighted by Gasteiger charge is 2.30. The summed E-state index contributed by atoms with van der Waals surface area (Å²) in [5, 5.41) is 0.628. The number of benzene rings is 4. The SMILES string of the molecule is CCOP(=O)(Cl)OCC.CCOP(=O)(OCC)c1ccccc1-c1ccccc1C.Cc1ccccc1-c1ccccc1Br. The van der Waals surface area contributed by atoms with Gasteiger partial charge in [0.05, 0.1) is 31.7 Å². The van der Waals surface area contributed by atoms with Gasteiger partial charge >= 0.3 is 14.5 Å². The first-order valence-corrected chi connectivity index (χ1v) is 19.3. The van der Waals surface area contributed by atoms with Crippen molar-refractivity contribution in [1.82, 2.24) is 0 Å². The molecule has 0 unspecified atom stereocenters. The molecule has 0 radical (unpaired) electrons. The zero-order chi connectivity index (χ0) is 32.6. The first-order chi connectivity index (χ1) is 21.0. The monoisotopic (exact) mass is 722 g/mol. The second-order valence-corrected chi connectivity index (χ2v) is 14.7. The Bertz CT molecular complexity index is 1480. The number of hydrogen-bond acceptors (Lipinski definition) is 6. The van der Waals surface area contributed by atoms with Crippen molar-refractivity contribution in [3.63, 3.8) is 0 Å². The molecule has 4 rings (SSSR count). The van der Waals surface area contributed by atoms with E-state index < -0.39 is 14.5 Å². The Morgan fingerprint density at radius 3 is 1.34 bits per heavy atom. The fourth-order valence-electron chi connectivity index (χ4n) is 4.23. The summed E-state index contributed by atoms with van der Waals surface area (Å²) in [6.45, 7) is 9.31. The van der Waals surface area contributed by atoms with Gasteiger partial charge in [-0.15, -0.1) is 0 Å². The minimum Gasteiger partial charge on any atom is -0.305 e. The van der Waals surface area contributed by atoms with Crippen molar-refractivity contribution in [1.29, 1.82) is 0 Å². The molecule has 0 fully saturated rings. The largest absolute Gasteiger partial charge is 0.424 e. The molecule has 44 heavy (non-hydrogen) atoms. The van der Waals surface area contributed by atoms with Crippen LogP contribution in [0.15, 0.2) is 102 Å². The molecule has 0 bridgehead atoms. The highest BCUT2D eigenvalue weighted by molar-refractivity contribution is 9.10. The second kappa shape index (κ2) is 19.5. The van der Waals surface area contributed by atoms with Crippen LogP contribution in [-0.4, -0.2) is 26.4 Å². The minimum absolute atomic E-state index is 0.306. The van der Waals surface area contributed by atoms with Crippen LogP contribution in [0.2, 0.25) is 0 Å². The Labute approximate surface area is 276 Å². The van der Waals surface area contributed by atoms with Gasteiger partial charge in [0, 0.05) is 15.7 Å². The highest BCUT2D eigenvalue weighted by Crippen LogP contribution is 2.53. The summed E-state index contributed by atoms with van der Waals surface area (Å²) >= 11 is 8.81. The lowest BCUT2D eigenvalue weighted by molar-refractivity contribution is 0.230. The topological polar surface area (TPSA) is 71.1 Å². The van der Waals surface area contributed by atoms with Crippen LogP contribution in [0.25, 0.3) is 22.3 Å². The molecule has 0 saturated carbocycles. The molecule has 0 saturated heterocycles. The molecule has 4 aromatic rings. The van der Waals surface area contributed by atoms with Gasteiger partial charge in [-0.2, -0.15) is 0 Å². The molecular formula is C34H42BrClO6P2. The number of hydrogen-bond donors (Lipinski definition) is 0. The number of halogens is 2. The molecule has 0 spiro atoms. The summed E-state index contributed by atoms with van der Waals surface area (Å²) < 4.78 is 45.1. The third-order valence-corrected chi connectivity index (χ3v) is 10.7. The molecule has 0 heterocycles. The molecule has 238 valence electrons. The second-order valence-electron chi connectivity index (χ2n) is 9.23. The predicted molar refractivity (Wildman–Crippen MR) is 188 cm³/mol. The van der Waals surface area contributed by atoms with Crippen molar-refractivity contribution < 1.29 is 27.2 Å². The van der Waals surface area contributed by atoms with Crippen LogP contribution >= 0.6 is 41.7 Å². The molecule has 6 nitrogen and oxygen atoms in total. The van der Waals surface area contributed by atoms with Crippen molar-refractivity contribution in [2.45, 2.75) is 41.5 Å². The average molecular weight is 724 g/mol. The van der Waals surface area contributed by atoms with Gasteiger partial charge < -0.3 is 9.05 Å². The molecule has 4 aromatic carbocycles. The van der Waals surface area contributed by atoms with Gasteiger partial charge in [0.2, 0.25) is 0 Å². The smallest absolute Gasteiger partial charge is 0.305 e. The van der Waals surface area contributed by atoms with Gasteiger partial charge in [-0.25, -0.2) is 4.57 Å². The first kappa shape index (κ1) is 38.1. The maximum atomic E-state index is 13.1. The Kier molecular flexibility index (Phi) is 16.9. The van der Waals surface area contributed by atoms with Crippen molar-refractivity contribution in [3.05, 3.63) is 113 Å². The van der Waals surface area contributed by atoms with Crippen LogP contribution in [0, 0.1) is 13.8 Å². The van der Waals surface area contributed by atoms with Crippen LogP contribution in [0.1, 0.15) is 38.8 Å². The van der Waals surface area contributed by atoms with E-state index >= 15 is 0 Å². The molecule has 10 heteroatoms. The zero-order valence-corrected chi connectivity index (χ0v) is 30.3. The summed E-state index contributed by atoms with van der Waals surface area (Å²) in [5.74, 6) is 0. The van der Waals surface area contributed by atoms with E-state index in [1.807, 2.05) is 75.4 Å². The molecule has 0 aliphatic heterocycles. The van der Waals surface area contributed by atoms with Gasteiger partial charge in [0.1, 0.15) is 0 Å². The highest BCUT2D eigenvalue weighted by atomic mass is 79.9. The lowest BCUT2D eigenvalue weighted by Crippen LogP contribution is -2.13. The van der Waals surface area contributed by atoms with Crippen LogP contribution < -0.4 is 5.30 Å². The summed E-state index contributed by atoms with van der Waals surface area (Å²) in [7, 11) is -3.29. The molecule has 0 atom stereocenters. The lowest BCUT2D eigenvalue weighted by Gasteiger charge is -2.20. The van der Waals surface area contributed by atoms with Crippen molar-refractivity contribution >= 4 is 47.0 Å². The predicted octanol–water partition coefficient (Wildman–Crippen LogP) is 11.4. The molecule has 0 N–H and O–H groups in total. The van der Waals surface area contributed by atoms with Crippen LogP contribution in [0.5, 0.6) is 0 Å². The molecule has 0 aliphatic carbocycles. The van der Waals surface area contributed by atoms with Gasteiger partial charge in [-0.1, -0.05) is 101 Å². The zero-order valence-electron chi connectivity index (χ0n) is 26.2. The summed E-state index contributed by atoms with van der Waals surface area (Å²) in [6.07, 6.45) is 0. The normalized spacial score (nSPS) is 11.2. The fourth-order valence-corrected chi connectivity index (χ4v) is 7.80. The Hall–Kier alpha value is -2.05. The number of rotatable bonds is 11. The molecule has 0 aliphatic rings. The average Bonchev–Trinajstić information content (AvgIpc) is 2.99. The Balaban J connectivity index is 0.000000253. The van der Waals surface area contributed by atoms with E-state index in [-0.39, 0.29) is 0 Å². The third-order valence-electron chi connectivity index (χ3n) is 6.11. The van der Waals surface area contributed by atoms with E-state index in [2.05, 4.69) is 74.4 Å². The Morgan fingerprint density at radius 1 is 0.545 bits per heavy atom. The van der Waals surface area contributed by atoms with Crippen molar-refractivity contribution in [3.8, 4) is 22.3 Å². The van der Waals surface area contributed by atoms with Crippen LogP contribution in [-0.2, 0) is 27.2 Å². The molecule has 0 aromatic heterocycles. The lowest BCUT2D eigenvalue weighted by atomic mass is 10.0. The molecular weight excluding hydrogens is 682 g/mol. The standard InChI is InChI=1S/C17H21O3P.C13H11Br.C4H10ClO3P/c1-4-19-21(18,20-5-2)17-13-9-8-12-16(17)15-11-7-6-10-14(15)3;1-10-6-2-3-7-11(10)12-8-4-5-9-13(12)14;1-3-7-9(5,6)8-4-2/h6-13H,4-5H2,1-3H3;2-9H,1H3;3-4H2,1-2H3. The Morgan fingerprint density at radius 2 is 0.909 bits per heavy atom. The first-order valence-electron chi connectivity index (χ1n) is 14.5. The van der Waals surface area contributed by atoms with E-state index in [9.17, 15) is 9.13 Å². The van der Waals surface area contributed by atoms with Crippen LogP contribution in [0.4, 0.5) is 0 Å². The van der Waals surface area contributed by atoms with E-state index in [0.29, 0.717) is 31.7 Å². The maximum absolute atomic E-state index is 13.1. The summed E-state index contributed by atoms with van der Waals surface area (Å²) in [4.78, 5) is 0. The van der Waals surface area contributed by atoms with Gasteiger partial charge in [0.25, 0.3) is 0 Å². The maximum Gasteiger partial charge on any atom is 0.424 e. The van der Waals surface area contributed by atoms with E-state index in [1.165, 1.54) is 16.7 Å². The number of aryl methyl sites for hydroxylation is 2. The van der Waals surface area contributed by atoms with Gasteiger partial charge in [0.15, 0.2) is 0 Å². The van der Waals surface area contributed by atoms with Gasteiger partial charge in [-0.05, 0) is 87.1 Å². The minimum atomic E-state index is -3.29. The van der Waals surface area contributed by atoms with E-state index in [4.69, 9.17) is 20.3 Å². The van der Waals surface area contributed by atoms with E-state index in [1.54, 1.807) is 13.8 Å².